The summed E-state index contributed by atoms with van der Waals surface area (Å²) in [4.78, 5) is 21.0. The highest BCUT2D eigenvalue weighted by Gasteiger charge is 2.33. The lowest BCUT2D eigenvalue weighted by Gasteiger charge is -2.41. The highest BCUT2D eigenvalue weighted by Crippen LogP contribution is 2.43. The van der Waals surface area contributed by atoms with Gasteiger partial charge in [-0.2, -0.15) is 10.2 Å². The van der Waals surface area contributed by atoms with Crippen molar-refractivity contribution in [1.29, 1.82) is 0 Å². The molecule has 4 aromatic rings. The Morgan fingerprint density at radius 1 is 1.09 bits per heavy atom. The highest BCUT2D eigenvalue weighted by atomic mass is 16.2. The van der Waals surface area contributed by atoms with Gasteiger partial charge >= 0.3 is 0 Å². The average Bonchev–Trinajstić information content (AvgIpc) is 3.49. The summed E-state index contributed by atoms with van der Waals surface area (Å²) in [6.07, 6.45) is 9.92. The van der Waals surface area contributed by atoms with Gasteiger partial charge in [-0.25, -0.2) is 0 Å². The summed E-state index contributed by atoms with van der Waals surface area (Å²) < 4.78 is 3.98. The van der Waals surface area contributed by atoms with Gasteiger partial charge in [0.1, 0.15) is 0 Å². The number of carbonyl (C=O) groups is 1. The van der Waals surface area contributed by atoms with E-state index in [0.717, 1.165) is 65.2 Å². The monoisotopic (exact) mass is 470 g/mol. The molecule has 180 valence electrons. The van der Waals surface area contributed by atoms with Gasteiger partial charge in [0, 0.05) is 43.9 Å². The van der Waals surface area contributed by atoms with E-state index < -0.39 is 0 Å². The molecule has 9 nitrogen and oxygen atoms in total. The zero-order chi connectivity index (χ0) is 24.1. The van der Waals surface area contributed by atoms with E-state index in [-0.39, 0.29) is 11.9 Å². The molecular weight excluding hydrogens is 440 g/mol. The van der Waals surface area contributed by atoms with Crippen molar-refractivity contribution in [3.8, 4) is 11.1 Å². The lowest BCUT2D eigenvalue weighted by Crippen LogP contribution is -2.48. The molecule has 1 amide bonds. The largest absolute Gasteiger partial charge is 0.320 e. The van der Waals surface area contributed by atoms with E-state index >= 15 is 0 Å². The van der Waals surface area contributed by atoms with Crippen LogP contribution in [0.25, 0.3) is 22.0 Å². The van der Waals surface area contributed by atoms with Gasteiger partial charge in [0.15, 0.2) is 5.82 Å². The number of pyridine rings is 1. The summed E-state index contributed by atoms with van der Waals surface area (Å²) in [5.41, 5.74) is 5.01. The SMILES string of the molecule is CC(=O)N1c2ccc(-c3cnn(C4CCNCC4)c3)cc2N(c2nn(C)c3cnccc23)C[C@@H]1C. The molecule has 9 heteroatoms. The van der Waals surface area contributed by atoms with Crippen LogP contribution < -0.4 is 15.1 Å². The van der Waals surface area contributed by atoms with Crippen LogP contribution in [-0.2, 0) is 11.8 Å². The molecule has 1 aromatic carbocycles. The molecule has 2 aliphatic rings. The number of hydrogen-bond donors (Lipinski definition) is 1. The molecule has 0 unspecified atom stereocenters. The normalized spacial score (nSPS) is 18.8. The summed E-state index contributed by atoms with van der Waals surface area (Å²) >= 11 is 0. The summed E-state index contributed by atoms with van der Waals surface area (Å²) in [7, 11) is 1.94. The van der Waals surface area contributed by atoms with Crippen LogP contribution in [0.2, 0.25) is 0 Å². The Bertz CT molecular complexity index is 1400. The smallest absolute Gasteiger partial charge is 0.224 e. The van der Waals surface area contributed by atoms with E-state index in [1.807, 2.05) is 35.1 Å². The molecule has 0 saturated carbocycles. The molecule has 0 spiro atoms. The van der Waals surface area contributed by atoms with Crippen LogP contribution in [0.1, 0.15) is 32.7 Å². The van der Waals surface area contributed by atoms with Gasteiger partial charge in [-0.1, -0.05) is 6.07 Å². The molecule has 2 aliphatic heterocycles. The number of hydrogen-bond acceptors (Lipinski definition) is 6. The average molecular weight is 471 g/mol. The Balaban J connectivity index is 1.46. The summed E-state index contributed by atoms with van der Waals surface area (Å²) in [5.74, 6) is 0.920. The second-order valence-electron chi connectivity index (χ2n) is 9.58. The Hall–Kier alpha value is -3.72. The number of carbonyl (C=O) groups excluding carboxylic acids is 1. The zero-order valence-corrected chi connectivity index (χ0v) is 20.3. The molecule has 5 heterocycles. The Morgan fingerprint density at radius 2 is 1.91 bits per heavy atom. The van der Waals surface area contributed by atoms with Gasteiger partial charge in [0.25, 0.3) is 0 Å². The number of aromatic nitrogens is 5. The topological polar surface area (TPSA) is 84.1 Å². The van der Waals surface area contributed by atoms with E-state index in [0.29, 0.717) is 12.6 Å². The Labute approximate surface area is 204 Å². The number of piperidine rings is 1. The third kappa shape index (κ3) is 3.67. The summed E-state index contributed by atoms with van der Waals surface area (Å²) in [5, 5.41) is 14.0. The lowest BCUT2D eigenvalue weighted by molar-refractivity contribution is -0.117. The fraction of sp³-hybridized carbons (Fsp3) is 0.385. The first kappa shape index (κ1) is 21.8. The number of nitrogens with zero attached hydrogens (tertiary/aromatic N) is 7. The van der Waals surface area contributed by atoms with E-state index in [1.165, 1.54) is 0 Å². The van der Waals surface area contributed by atoms with Crippen molar-refractivity contribution >= 4 is 34.0 Å². The molecule has 35 heavy (non-hydrogen) atoms. The van der Waals surface area contributed by atoms with Crippen molar-refractivity contribution in [2.75, 3.05) is 29.4 Å². The van der Waals surface area contributed by atoms with E-state index in [1.54, 1.807) is 13.1 Å². The molecule has 0 aliphatic carbocycles. The lowest BCUT2D eigenvalue weighted by atomic mass is 10.0. The Kier molecular flexibility index (Phi) is 5.29. The molecule has 1 N–H and O–H groups in total. The molecular formula is C26H30N8O. The van der Waals surface area contributed by atoms with Crippen molar-refractivity contribution in [3.63, 3.8) is 0 Å². The minimum absolute atomic E-state index is 0.00686. The molecule has 1 saturated heterocycles. The van der Waals surface area contributed by atoms with Crippen LogP contribution in [0, 0.1) is 0 Å². The van der Waals surface area contributed by atoms with Crippen molar-refractivity contribution in [2.24, 2.45) is 7.05 Å². The summed E-state index contributed by atoms with van der Waals surface area (Å²) in [6, 6.07) is 8.77. The van der Waals surface area contributed by atoms with E-state index in [9.17, 15) is 4.79 Å². The van der Waals surface area contributed by atoms with Crippen LogP contribution in [-0.4, -0.2) is 56.1 Å². The maximum Gasteiger partial charge on any atom is 0.224 e. The van der Waals surface area contributed by atoms with Crippen LogP contribution in [0.5, 0.6) is 0 Å². The van der Waals surface area contributed by atoms with Crippen molar-refractivity contribution in [1.82, 2.24) is 29.9 Å². The van der Waals surface area contributed by atoms with Crippen LogP contribution in [0.15, 0.2) is 49.1 Å². The van der Waals surface area contributed by atoms with Gasteiger partial charge in [0.05, 0.1) is 41.4 Å². The Morgan fingerprint density at radius 3 is 2.71 bits per heavy atom. The molecule has 3 aromatic heterocycles. The summed E-state index contributed by atoms with van der Waals surface area (Å²) in [6.45, 7) is 6.43. The van der Waals surface area contributed by atoms with Gasteiger partial charge in [0.2, 0.25) is 5.91 Å². The number of fused-ring (bicyclic) bond motifs is 2. The quantitative estimate of drug-likeness (QED) is 0.492. The third-order valence-corrected chi connectivity index (χ3v) is 7.26. The van der Waals surface area contributed by atoms with Crippen molar-refractivity contribution in [2.45, 2.75) is 38.8 Å². The van der Waals surface area contributed by atoms with E-state index in [4.69, 9.17) is 10.2 Å². The fourth-order valence-corrected chi connectivity index (χ4v) is 5.53. The first-order chi connectivity index (χ1) is 17.0. The molecule has 1 atom stereocenters. The number of rotatable bonds is 3. The zero-order valence-electron chi connectivity index (χ0n) is 20.3. The molecule has 0 bridgehead atoms. The molecule has 0 radical (unpaired) electrons. The van der Waals surface area contributed by atoms with Crippen molar-refractivity contribution in [3.05, 3.63) is 49.1 Å². The van der Waals surface area contributed by atoms with E-state index in [2.05, 4.69) is 51.2 Å². The third-order valence-electron chi connectivity index (χ3n) is 7.26. The fourth-order valence-electron chi connectivity index (χ4n) is 5.53. The first-order valence-electron chi connectivity index (χ1n) is 12.2. The van der Waals surface area contributed by atoms with Gasteiger partial charge in [-0.15, -0.1) is 0 Å². The standard InChI is InChI=1S/C26H30N8O/c1-17-15-32(26-22-8-11-28-14-25(22)31(3)30-26)24-12-19(4-5-23(24)34(17)18(2)35)20-13-29-33(16-20)21-6-9-27-10-7-21/h4-5,8,11-14,16-17,21,27H,6-7,9-10,15H2,1-3H3/t17-/m0/s1. The predicted octanol–water partition coefficient (Wildman–Crippen LogP) is 3.65. The number of nitrogens with one attached hydrogen (secondary N) is 1. The minimum atomic E-state index is 0.00686. The van der Waals surface area contributed by atoms with Crippen LogP contribution in [0.3, 0.4) is 0 Å². The van der Waals surface area contributed by atoms with Gasteiger partial charge < -0.3 is 15.1 Å². The van der Waals surface area contributed by atoms with Crippen molar-refractivity contribution < 1.29 is 4.79 Å². The maximum absolute atomic E-state index is 12.6. The van der Waals surface area contributed by atoms with Crippen LogP contribution >= 0.6 is 0 Å². The predicted molar refractivity (Wildman–Crippen MR) is 137 cm³/mol. The van der Waals surface area contributed by atoms with Crippen LogP contribution in [0.4, 0.5) is 17.2 Å². The number of anilines is 3. The second kappa shape index (κ2) is 8.49. The van der Waals surface area contributed by atoms with Gasteiger partial charge in [-0.3, -0.25) is 19.1 Å². The molecule has 1 fully saturated rings. The second-order valence-corrected chi connectivity index (χ2v) is 9.58. The highest BCUT2D eigenvalue weighted by molar-refractivity contribution is 6.01. The first-order valence-corrected chi connectivity index (χ1v) is 12.2. The molecule has 6 rings (SSSR count). The number of benzene rings is 1. The maximum atomic E-state index is 12.6. The van der Waals surface area contributed by atoms with Gasteiger partial charge in [-0.05, 0) is 56.6 Å². The number of amides is 1. The minimum Gasteiger partial charge on any atom is -0.320 e. The number of aryl methyl sites for hydroxylation is 1.